The van der Waals surface area contributed by atoms with Crippen LogP contribution in [0.25, 0.3) is 0 Å². The van der Waals surface area contributed by atoms with Crippen LogP contribution in [-0.4, -0.2) is 26.8 Å². The highest BCUT2D eigenvalue weighted by Crippen LogP contribution is 2.26. The molecular formula is C21H17BrCl2FN3O5S. The zero-order valence-corrected chi connectivity index (χ0v) is 21.1. The number of hydrogen-bond donors (Lipinski definition) is 2. The van der Waals surface area contributed by atoms with Crippen molar-refractivity contribution in [2.24, 2.45) is 0 Å². The van der Waals surface area contributed by atoms with E-state index >= 15 is 0 Å². The fourth-order valence-corrected chi connectivity index (χ4v) is 3.42. The van der Waals surface area contributed by atoms with Gasteiger partial charge in [-0.3, -0.25) is 9.59 Å². The number of amides is 2. The first-order valence-electron chi connectivity index (χ1n) is 9.31. The Morgan fingerprint density at radius 2 is 1.62 bits per heavy atom. The lowest BCUT2D eigenvalue weighted by atomic mass is 10.3. The van der Waals surface area contributed by atoms with Crippen molar-refractivity contribution in [3.05, 3.63) is 77.0 Å². The van der Waals surface area contributed by atoms with E-state index in [0.717, 1.165) is 12.1 Å². The number of pyridine rings is 1. The van der Waals surface area contributed by atoms with Gasteiger partial charge in [0.05, 0.1) is 14.9 Å². The standard InChI is InChI=1S/C21H16Cl2FN3O5S.BrH/c22-18-8-5-16(10-19(18)23)32-13-21(29)26-15-2-1-9-27(11-15)12-20(28)25-14-3-6-17(7-4-14)33(24,30)31;/h1-11H,12-13H2,(H-,25,26,28,29);1H. The zero-order valence-electron chi connectivity index (χ0n) is 17.2. The van der Waals surface area contributed by atoms with E-state index in [2.05, 4.69) is 10.6 Å². The molecule has 2 amide bonds. The Kier molecular flexibility index (Phi) is 9.80. The maximum atomic E-state index is 12.9. The largest absolute Gasteiger partial charge is 1.00 e. The Labute approximate surface area is 215 Å². The molecule has 1 aromatic heterocycles. The fourth-order valence-electron chi connectivity index (χ4n) is 2.67. The van der Waals surface area contributed by atoms with Gasteiger partial charge in [-0.2, -0.15) is 13.0 Å². The number of aromatic nitrogens is 1. The Bertz CT molecular complexity index is 1290. The van der Waals surface area contributed by atoms with E-state index in [9.17, 15) is 21.9 Å². The summed E-state index contributed by atoms with van der Waals surface area (Å²) in [5, 5.41) is 5.90. The smallest absolute Gasteiger partial charge is 0.332 e. The van der Waals surface area contributed by atoms with Gasteiger partial charge in [0.1, 0.15) is 11.4 Å². The van der Waals surface area contributed by atoms with Gasteiger partial charge in [0.25, 0.3) is 11.8 Å². The molecule has 3 aromatic rings. The number of rotatable bonds is 8. The second kappa shape index (κ2) is 12.1. The van der Waals surface area contributed by atoms with Crippen molar-refractivity contribution in [3.8, 4) is 5.75 Å². The predicted octanol–water partition coefficient (Wildman–Crippen LogP) is 0.599. The molecule has 0 aliphatic heterocycles. The van der Waals surface area contributed by atoms with Crippen LogP contribution in [-0.2, 0) is 26.4 Å². The predicted molar refractivity (Wildman–Crippen MR) is 121 cm³/mol. The van der Waals surface area contributed by atoms with Gasteiger partial charge in [-0.25, -0.2) is 0 Å². The molecule has 0 saturated carbocycles. The first-order valence-corrected chi connectivity index (χ1v) is 11.5. The summed E-state index contributed by atoms with van der Waals surface area (Å²) in [4.78, 5) is 23.9. The van der Waals surface area contributed by atoms with Crippen LogP contribution in [0.4, 0.5) is 15.3 Å². The molecule has 2 N–H and O–H groups in total. The number of halogens is 4. The molecule has 0 saturated heterocycles. The van der Waals surface area contributed by atoms with Crippen LogP contribution >= 0.6 is 23.2 Å². The summed E-state index contributed by atoms with van der Waals surface area (Å²) < 4.78 is 41.5. The van der Waals surface area contributed by atoms with E-state index in [1.807, 2.05) is 0 Å². The topological polar surface area (TPSA) is 105 Å². The lowest BCUT2D eigenvalue weighted by molar-refractivity contribution is -0.683. The molecule has 1 heterocycles. The number of hydrogen-bond acceptors (Lipinski definition) is 5. The number of carbonyl (C=O) groups is 2. The molecule has 8 nitrogen and oxygen atoms in total. The van der Waals surface area contributed by atoms with Gasteiger partial charge in [0, 0.05) is 17.8 Å². The van der Waals surface area contributed by atoms with Crippen molar-refractivity contribution < 1.29 is 48.2 Å². The Morgan fingerprint density at radius 1 is 0.941 bits per heavy atom. The molecule has 34 heavy (non-hydrogen) atoms. The van der Waals surface area contributed by atoms with Crippen LogP contribution in [0.1, 0.15) is 0 Å². The van der Waals surface area contributed by atoms with Crippen molar-refractivity contribution in [3.63, 3.8) is 0 Å². The summed E-state index contributed by atoms with van der Waals surface area (Å²) in [5.74, 6) is -0.454. The highest BCUT2D eigenvalue weighted by Gasteiger charge is 2.14. The number of anilines is 2. The van der Waals surface area contributed by atoms with Crippen LogP contribution in [0.5, 0.6) is 5.75 Å². The molecule has 180 valence electrons. The number of nitrogens with one attached hydrogen (secondary N) is 2. The zero-order chi connectivity index (χ0) is 24.0. The molecule has 13 heteroatoms. The van der Waals surface area contributed by atoms with Crippen molar-refractivity contribution in [1.82, 2.24) is 0 Å². The SMILES string of the molecule is O=C(COc1ccc(Cl)c(Cl)c1)Nc1ccc[n+](CC(=O)Nc2ccc(S(=O)(=O)F)cc2)c1.[Br-]. The second-order valence-electron chi connectivity index (χ2n) is 6.69. The lowest BCUT2D eigenvalue weighted by Gasteiger charge is -2.08. The first-order chi connectivity index (χ1) is 15.6. The van der Waals surface area contributed by atoms with Crippen molar-refractivity contribution >= 4 is 56.6 Å². The highest BCUT2D eigenvalue weighted by molar-refractivity contribution is 7.86. The number of benzene rings is 2. The summed E-state index contributed by atoms with van der Waals surface area (Å²) in [6.45, 7) is -0.357. The third-order valence-corrected chi connectivity index (χ3v) is 5.72. The number of nitrogens with zero attached hydrogens (tertiary/aromatic N) is 1. The molecule has 2 aromatic carbocycles. The Morgan fingerprint density at radius 3 is 2.26 bits per heavy atom. The van der Waals surface area contributed by atoms with Gasteiger partial charge in [-0.15, -0.1) is 3.89 Å². The maximum absolute atomic E-state index is 12.9. The minimum Gasteiger partial charge on any atom is -1.00 e. The van der Waals surface area contributed by atoms with Gasteiger partial charge in [-0.1, -0.05) is 23.2 Å². The molecule has 0 radical (unpaired) electrons. The van der Waals surface area contributed by atoms with Gasteiger partial charge in [0.2, 0.25) is 6.54 Å². The average Bonchev–Trinajstić information content (AvgIpc) is 2.74. The van der Waals surface area contributed by atoms with E-state index in [1.165, 1.54) is 22.8 Å². The summed E-state index contributed by atoms with van der Waals surface area (Å²) in [6.07, 6.45) is 3.18. The third-order valence-electron chi connectivity index (χ3n) is 4.15. The normalized spacial score (nSPS) is 10.7. The van der Waals surface area contributed by atoms with Gasteiger partial charge < -0.3 is 32.4 Å². The number of carbonyl (C=O) groups excluding carboxylic acids is 2. The molecule has 0 bridgehead atoms. The van der Waals surface area contributed by atoms with Crippen LogP contribution in [0.2, 0.25) is 10.0 Å². The van der Waals surface area contributed by atoms with Crippen LogP contribution < -0.4 is 36.9 Å². The summed E-state index contributed by atoms with van der Waals surface area (Å²) in [6, 6.07) is 12.6. The second-order valence-corrected chi connectivity index (χ2v) is 8.85. The van der Waals surface area contributed by atoms with Crippen molar-refractivity contribution in [2.45, 2.75) is 11.4 Å². The summed E-state index contributed by atoms with van der Waals surface area (Å²) in [5.41, 5.74) is 0.738. The minimum absolute atomic E-state index is 0. The van der Waals surface area contributed by atoms with Gasteiger partial charge in [0.15, 0.2) is 19.0 Å². The average molecular weight is 593 g/mol. The van der Waals surface area contributed by atoms with Crippen LogP contribution in [0.3, 0.4) is 0 Å². The molecule has 0 fully saturated rings. The Balaban J connectivity index is 0.00000408. The Hall–Kier alpha value is -2.73. The monoisotopic (exact) mass is 591 g/mol. The molecule has 0 spiro atoms. The first kappa shape index (κ1) is 27.5. The number of ether oxygens (including phenoxy) is 1. The third kappa shape index (κ3) is 8.24. The van der Waals surface area contributed by atoms with E-state index in [-0.39, 0.29) is 30.1 Å². The summed E-state index contributed by atoms with van der Waals surface area (Å²) >= 11 is 11.7. The van der Waals surface area contributed by atoms with Crippen molar-refractivity contribution in [1.29, 1.82) is 0 Å². The molecule has 3 rings (SSSR count). The quantitative estimate of drug-likeness (QED) is 0.294. The van der Waals surface area contributed by atoms with E-state index in [4.69, 9.17) is 27.9 Å². The van der Waals surface area contributed by atoms with Crippen LogP contribution in [0.15, 0.2) is 71.9 Å². The van der Waals surface area contributed by atoms with Crippen LogP contribution in [0, 0.1) is 0 Å². The highest BCUT2D eigenvalue weighted by atomic mass is 79.9. The van der Waals surface area contributed by atoms with Crippen molar-refractivity contribution in [2.75, 3.05) is 17.2 Å². The summed E-state index contributed by atoms with van der Waals surface area (Å²) in [7, 11) is -4.81. The minimum atomic E-state index is -4.81. The van der Waals surface area contributed by atoms with E-state index in [1.54, 1.807) is 36.7 Å². The fraction of sp³-hybridized carbons (Fsp3) is 0.0952. The molecule has 0 unspecified atom stereocenters. The molecule has 0 atom stereocenters. The molecular weight excluding hydrogens is 576 g/mol. The van der Waals surface area contributed by atoms with Gasteiger partial charge in [-0.05, 0) is 42.5 Å². The van der Waals surface area contributed by atoms with E-state index in [0.29, 0.717) is 27.2 Å². The van der Waals surface area contributed by atoms with E-state index < -0.39 is 26.9 Å². The molecule has 0 aliphatic rings. The maximum Gasteiger partial charge on any atom is 0.332 e. The van der Waals surface area contributed by atoms with Gasteiger partial charge >= 0.3 is 10.2 Å². The molecule has 0 aliphatic carbocycles. The lowest BCUT2D eigenvalue weighted by Crippen LogP contribution is -3.00.